The van der Waals surface area contributed by atoms with E-state index < -0.39 is 11.9 Å². The molecule has 9 nitrogen and oxygen atoms in total. The van der Waals surface area contributed by atoms with Gasteiger partial charge in [-0.2, -0.15) is 0 Å². The first-order valence-corrected chi connectivity index (χ1v) is 13.4. The van der Waals surface area contributed by atoms with Crippen molar-refractivity contribution in [3.05, 3.63) is 53.8 Å². The fourth-order valence-electron chi connectivity index (χ4n) is 4.96. The highest BCUT2D eigenvalue weighted by Gasteiger charge is 2.28. The van der Waals surface area contributed by atoms with Crippen molar-refractivity contribution < 1.29 is 32.9 Å². The van der Waals surface area contributed by atoms with Gasteiger partial charge in [-0.25, -0.2) is 4.39 Å². The van der Waals surface area contributed by atoms with Crippen LogP contribution >= 0.6 is 0 Å². The predicted molar refractivity (Wildman–Crippen MR) is 138 cm³/mol. The Bertz CT molecular complexity index is 1060. The lowest BCUT2D eigenvalue weighted by atomic mass is 10.1. The monoisotopic (exact) mass is 529 g/mol. The zero-order valence-corrected chi connectivity index (χ0v) is 21.6. The quantitative estimate of drug-likeness (QED) is 0.449. The van der Waals surface area contributed by atoms with Gasteiger partial charge in [-0.3, -0.25) is 14.6 Å². The van der Waals surface area contributed by atoms with Crippen LogP contribution in [0.1, 0.15) is 18.4 Å². The Morgan fingerprint density at radius 2 is 1.97 bits per heavy atom. The van der Waals surface area contributed by atoms with Crippen molar-refractivity contribution in [1.29, 1.82) is 0 Å². The molecule has 2 saturated heterocycles. The Morgan fingerprint density at radius 1 is 1.13 bits per heavy atom. The lowest BCUT2D eigenvalue weighted by Crippen LogP contribution is -2.49. The number of para-hydroxylation sites is 1. The summed E-state index contributed by atoms with van der Waals surface area (Å²) in [5, 5.41) is 3.00. The molecule has 0 bridgehead atoms. The number of ether oxygens (including phenoxy) is 5. The molecule has 0 aliphatic carbocycles. The van der Waals surface area contributed by atoms with E-state index >= 15 is 0 Å². The van der Waals surface area contributed by atoms with Crippen LogP contribution in [0, 0.1) is 5.82 Å². The number of nitrogens with one attached hydrogen (secondary N) is 1. The van der Waals surface area contributed by atoms with Crippen molar-refractivity contribution in [3.63, 3.8) is 0 Å². The van der Waals surface area contributed by atoms with Crippen LogP contribution in [-0.2, 0) is 20.8 Å². The van der Waals surface area contributed by atoms with Crippen LogP contribution in [0.2, 0.25) is 0 Å². The summed E-state index contributed by atoms with van der Waals surface area (Å²) in [5.74, 6) is 0.713. The second-order valence-corrected chi connectivity index (χ2v) is 9.80. The number of hydrogen-bond acceptors (Lipinski definition) is 8. The Hall–Kier alpha value is -2.92. The zero-order chi connectivity index (χ0) is 26.2. The third kappa shape index (κ3) is 7.35. The van der Waals surface area contributed by atoms with Gasteiger partial charge in [0.2, 0.25) is 6.79 Å². The second kappa shape index (κ2) is 13.2. The molecule has 38 heavy (non-hydrogen) atoms. The van der Waals surface area contributed by atoms with Crippen LogP contribution in [-0.4, -0.2) is 93.8 Å². The third-order valence-electron chi connectivity index (χ3n) is 6.98. The van der Waals surface area contributed by atoms with Crippen molar-refractivity contribution >= 4 is 5.91 Å². The molecule has 0 saturated carbocycles. The molecule has 5 rings (SSSR count). The number of halogens is 1. The first kappa shape index (κ1) is 26.7. The zero-order valence-electron chi connectivity index (χ0n) is 21.6. The fraction of sp³-hybridized carbons (Fsp3) is 0.536. The van der Waals surface area contributed by atoms with E-state index in [0.717, 1.165) is 50.4 Å². The normalized spacial score (nSPS) is 20.0. The average molecular weight is 530 g/mol. The number of nitrogens with zero attached hydrogens (tertiary/aromatic N) is 2. The lowest BCUT2D eigenvalue weighted by Gasteiger charge is -2.30. The topological polar surface area (TPSA) is 81.7 Å². The molecule has 3 aliphatic heterocycles. The summed E-state index contributed by atoms with van der Waals surface area (Å²) < 4.78 is 42.8. The Morgan fingerprint density at radius 3 is 2.79 bits per heavy atom. The van der Waals surface area contributed by atoms with Crippen LogP contribution < -0.4 is 19.5 Å². The van der Waals surface area contributed by atoms with Crippen LogP contribution in [0.3, 0.4) is 0 Å². The minimum atomic E-state index is -0.910. The molecular weight excluding hydrogens is 493 g/mol. The van der Waals surface area contributed by atoms with Crippen LogP contribution in [0.15, 0.2) is 42.5 Å². The van der Waals surface area contributed by atoms with Gasteiger partial charge in [-0.05, 0) is 42.7 Å². The highest BCUT2D eigenvalue weighted by atomic mass is 19.1. The molecule has 206 valence electrons. The molecule has 0 radical (unpaired) electrons. The Kier molecular flexibility index (Phi) is 9.29. The molecule has 2 atom stereocenters. The van der Waals surface area contributed by atoms with E-state index in [1.807, 2.05) is 18.2 Å². The van der Waals surface area contributed by atoms with E-state index in [1.54, 1.807) is 18.2 Å². The minimum absolute atomic E-state index is 0.0565. The number of fused-ring (bicyclic) bond motifs is 1. The van der Waals surface area contributed by atoms with Crippen molar-refractivity contribution in [2.75, 3.05) is 65.9 Å². The molecule has 2 unspecified atom stereocenters. The summed E-state index contributed by atoms with van der Waals surface area (Å²) in [4.78, 5) is 17.8. The summed E-state index contributed by atoms with van der Waals surface area (Å²) in [6.07, 6.45) is 1.14. The highest BCUT2D eigenvalue weighted by molar-refractivity contribution is 5.81. The molecule has 2 aromatic carbocycles. The molecule has 10 heteroatoms. The fourth-order valence-corrected chi connectivity index (χ4v) is 4.96. The number of rotatable bonds is 12. The SMILES string of the molecule is O=C(NCCN1CCOCC1)C(CN(Cc1ccc2c(c1)OCO2)CC1CCCO1)Oc1ccccc1F. The largest absolute Gasteiger partial charge is 0.476 e. The van der Waals surface area contributed by atoms with Crippen LogP contribution in [0.25, 0.3) is 0 Å². The van der Waals surface area contributed by atoms with Gasteiger partial charge in [0.25, 0.3) is 5.91 Å². The number of benzene rings is 2. The maximum atomic E-state index is 14.5. The van der Waals surface area contributed by atoms with Crippen molar-refractivity contribution in [2.24, 2.45) is 0 Å². The number of amides is 1. The van der Waals surface area contributed by atoms with E-state index in [2.05, 4.69) is 15.1 Å². The summed E-state index contributed by atoms with van der Waals surface area (Å²) in [7, 11) is 0. The van der Waals surface area contributed by atoms with E-state index in [0.29, 0.717) is 38.6 Å². The molecule has 0 aromatic heterocycles. The van der Waals surface area contributed by atoms with Crippen LogP contribution in [0.4, 0.5) is 4.39 Å². The van der Waals surface area contributed by atoms with Gasteiger partial charge >= 0.3 is 0 Å². The molecule has 2 aromatic rings. The summed E-state index contributed by atoms with van der Waals surface area (Å²) in [6, 6.07) is 12.0. The standard InChI is InChI=1S/C28H36FN3O6/c29-23-5-1-2-6-24(23)38-27(28(33)30-9-10-31-11-14-34-15-12-31)19-32(18-22-4-3-13-35-22)17-21-7-8-25-26(16-21)37-20-36-25/h1-2,5-8,16,22,27H,3-4,9-15,17-20H2,(H,30,33). The number of morpholine rings is 1. The molecule has 3 heterocycles. The maximum absolute atomic E-state index is 14.5. The lowest BCUT2D eigenvalue weighted by molar-refractivity contribution is -0.129. The first-order chi connectivity index (χ1) is 18.6. The number of carbonyl (C=O) groups is 1. The van der Waals surface area contributed by atoms with Gasteiger partial charge in [-0.1, -0.05) is 18.2 Å². The summed E-state index contributed by atoms with van der Waals surface area (Å²) in [5.41, 5.74) is 1.02. The van der Waals surface area contributed by atoms with Crippen molar-refractivity contribution in [3.8, 4) is 17.2 Å². The average Bonchev–Trinajstić information content (AvgIpc) is 3.62. The van der Waals surface area contributed by atoms with Crippen LogP contribution in [0.5, 0.6) is 17.2 Å². The van der Waals surface area contributed by atoms with E-state index in [4.69, 9.17) is 23.7 Å². The van der Waals surface area contributed by atoms with E-state index in [9.17, 15) is 9.18 Å². The Labute approximate surface area is 222 Å². The van der Waals surface area contributed by atoms with Crippen molar-refractivity contribution in [1.82, 2.24) is 15.1 Å². The smallest absolute Gasteiger partial charge is 0.262 e. The third-order valence-corrected chi connectivity index (χ3v) is 6.98. The second-order valence-electron chi connectivity index (χ2n) is 9.80. The molecule has 3 aliphatic rings. The van der Waals surface area contributed by atoms with Gasteiger partial charge in [0, 0.05) is 52.4 Å². The number of hydrogen-bond donors (Lipinski definition) is 1. The molecule has 2 fully saturated rings. The van der Waals surface area contributed by atoms with Gasteiger partial charge in [-0.15, -0.1) is 0 Å². The van der Waals surface area contributed by atoms with Crippen molar-refractivity contribution in [2.45, 2.75) is 31.6 Å². The summed E-state index contributed by atoms with van der Waals surface area (Å²) in [6.45, 7) is 6.68. The van der Waals surface area contributed by atoms with Gasteiger partial charge in [0.15, 0.2) is 29.2 Å². The summed E-state index contributed by atoms with van der Waals surface area (Å²) >= 11 is 0. The van der Waals surface area contributed by atoms with Gasteiger partial charge in [0.1, 0.15) is 0 Å². The first-order valence-electron chi connectivity index (χ1n) is 13.4. The van der Waals surface area contributed by atoms with E-state index in [-0.39, 0.29) is 31.1 Å². The molecular formula is C28H36FN3O6. The maximum Gasteiger partial charge on any atom is 0.262 e. The van der Waals surface area contributed by atoms with Gasteiger partial charge in [0.05, 0.1) is 19.3 Å². The predicted octanol–water partition coefficient (Wildman–Crippen LogP) is 2.43. The molecule has 1 amide bonds. The Balaban J connectivity index is 1.29. The molecule has 1 N–H and O–H groups in total. The van der Waals surface area contributed by atoms with Gasteiger partial charge < -0.3 is 29.0 Å². The highest BCUT2D eigenvalue weighted by Crippen LogP contribution is 2.33. The van der Waals surface area contributed by atoms with E-state index in [1.165, 1.54) is 6.07 Å². The molecule has 0 spiro atoms. The minimum Gasteiger partial charge on any atom is -0.476 e. The number of carbonyl (C=O) groups excluding carboxylic acids is 1.